The number of aliphatic carboxylic acids is 1. The lowest BCUT2D eigenvalue weighted by Crippen LogP contribution is -2.36. The molecular formula is C17H20N2O4. The van der Waals surface area contributed by atoms with E-state index in [0.29, 0.717) is 11.4 Å². The van der Waals surface area contributed by atoms with E-state index in [9.17, 15) is 9.59 Å². The molecule has 1 heterocycles. The van der Waals surface area contributed by atoms with Crippen molar-refractivity contribution in [3.05, 3.63) is 47.3 Å². The van der Waals surface area contributed by atoms with Gasteiger partial charge in [-0.1, -0.05) is 30.3 Å². The zero-order valence-electron chi connectivity index (χ0n) is 13.4. The van der Waals surface area contributed by atoms with Crippen LogP contribution in [-0.2, 0) is 9.59 Å². The summed E-state index contributed by atoms with van der Waals surface area (Å²) in [6.07, 6.45) is 0.186. The summed E-state index contributed by atoms with van der Waals surface area (Å²) >= 11 is 0. The quantitative estimate of drug-likeness (QED) is 0.886. The first-order valence-electron chi connectivity index (χ1n) is 7.40. The van der Waals surface area contributed by atoms with Gasteiger partial charge in [0.2, 0.25) is 5.91 Å². The fraction of sp³-hybridized carbons (Fsp3) is 0.353. The molecule has 122 valence electrons. The third-order valence-corrected chi connectivity index (χ3v) is 3.72. The molecule has 1 unspecified atom stereocenters. The highest BCUT2D eigenvalue weighted by molar-refractivity contribution is 5.97. The van der Waals surface area contributed by atoms with E-state index in [1.54, 1.807) is 24.3 Å². The Kier molecular flexibility index (Phi) is 5.16. The molecule has 0 saturated heterocycles. The van der Waals surface area contributed by atoms with Crippen LogP contribution in [0.2, 0.25) is 0 Å². The standard InChI is InChI=1S/C17H20N2O4/c1-11(17-12(2)18-23-13(17)3)9-15(20)19(10-16(21)22)14-7-5-4-6-8-14/h4-8,11H,9-10H2,1-3H3,(H,21,22). The van der Waals surface area contributed by atoms with Crippen molar-refractivity contribution in [3.8, 4) is 0 Å². The Morgan fingerprint density at radius 2 is 1.91 bits per heavy atom. The Balaban J connectivity index is 2.19. The summed E-state index contributed by atoms with van der Waals surface area (Å²) in [4.78, 5) is 25.0. The fourth-order valence-electron chi connectivity index (χ4n) is 2.73. The van der Waals surface area contributed by atoms with Crippen molar-refractivity contribution in [1.29, 1.82) is 0 Å². The first-order valence-corrected chi connectivity index (χ1v) is 7.40. The van der Waals surface area contributed by atoms with Gasteiger partial charge >= 0.3 is 5.97 Å². The Bertz CT molecular complexity index is 674. The Hall–Kier alpha value is -2.63. The average Bonchev–Trinajstić information content (AvgIpc) is 2.84. The molecule has 1 aromatic heterocycles. The SMILES string of the molecule is Cc1noc(C)c1C(C)CC(=O)N(CC(=O)O)c1ccccc1. The van der Waals surface area contributed by atoms with Gasteiger partial charge in [-0.15, -0.1) is 0 Å². The highest BCUT2D eigenvalue weighted by Gasteiger charge is 2.24. The second-order valence-electron chi connectivity index (χ2n) is 5.55. The number of benzene rings is 1. The first kappa shape index (κ1) is 16.7. The molecule has 1 N–H and O–H groups in total. The zero-order chi connectivity index (χ0) is 17.0. The largest absolute Gasteiger partial charge is 0.480 e. The number of carbonyl (C=O) groups excluding carboxylic acids is 1. The number of anilines is 1. The third kappa shape index (κ3) is 3.97. The van der Waals surface area contributed by atoms with Crippen molar-refractivity contribution in [2.24, 2.45) is 0 Å². The lowest BCUT2D eigenvalue weighted by molar-refractivity contribution is -0.136. The molecule has 0 fully saturated rings. The fourth-order valence-corrected chi connectivity index (χ4v) is 2.73. The van der Waals surface area contributed by atoms with E-state index in [2.05, 4.69) is 5.16 Å². The number of rotatable bonds is 6. The summed E-state index contributed by atoms with van der Waals surface area (Å²) < 4.78 is 5.14. The van der Waals surface area contributed by atoms with Crippen molar-refractivity contribution in [3.63, 3.8) is 0 Å². The molecule has 1 amide bonds. The maximum atomic E-state index is 12.6. The van der Waals surface area contributed by atoms with Crippen molar-refractivity contribution < 1.29 is 19.2 Å². The van der Waals surface area contributed by atoms with Crippen LogP contribution in [0.15, 0.2) is 34.9 Å². The lowest BCUT2D eigenvalue weighted by Gasteiger charge is -2.22. The topological polar surface area (TPSA) is 83.6 Å². The molecule has 0 aliphatic heterocycles. The van der Waals surface area contributed by atoms with Gasteiger partial charge < -0.3 is 14.5 Å². The van der Waals surface area contributed by atoms with Crippen LogP contribution in [0, 0.1) is 13.8 Å². The minimum absolute atomic E-state index is 0.103. The van der Waals surface area contributed by atoms with E-state index in [1.165, 1.54) is 4.90 Å². The van der Waals surface area contributed by atoms with E-state index in [0.717, 1.165) is 11.3 Å². The molecule has 1 atom stereocenters. The van der Waals surface area contributed by atoms with Crippen molar-refractivity contribution >= 4 is 17.6 Å². The number of nitrogens with zero attached hydrogens (tertiary/aromatic N) is 2. The maximum Gasteiger partial charge on any atom is 0.323 e. The Labute approximate surface area is 134 Å². The number of carboxylic acid groups (broad SMARTS) is 1. The summed E-state index contributed by atoms with van der Waals surface area (Å²) in [6.45, 7) is 5.19. The van der Waals surface area contributed by atoms with Crippen LogP contribution < -0.4 is 4.90 Å². The van der Waals surface area contributed by atoms with E-state index < -0.39 is 5.97 Å². The molecule has 6 heteroatoms. The van der Waals surface area contributed by atoms with Gasteiger partial charge in [0.1, 0.15) is 12.3 Å². The van der Waals surface area contributed by atoms with Gasteiger partial charge in [0.15, 0.2) is 0 Å². The van der Waals surface area contributed by atoms with Gasteiger partial charge in [0, 0.05) is 17.7 Å². The van der Waals surface area contributed by atoms with Crippen molar-refractivity contribution in [2.75, 3.05) is 11.4 Å². The van der Waals surface area contributed by atoms with Crippen LogP contribution in [0.3, 0.4) is 0 Å². The van der Waals surface area contributed by atoms with Gasteiger partial charge in [0.25, 0.3) is 0 Å². The molecule has 1 aromatic carbocycles. The minimum atomic E-state index is -1.05. The van der Waals surface area contributed by atoms with Crippen LogP contribution >= 0.6 is 0 Å². The van der Waals surface area contributed by atoms with Crippen LogP contribution in [0.5, 0.6) is 0 Å². The van der Waals surface area contributed by atoms with Crippen molar-refractivity contribution in [1.82, 2.24) is 5.16 Å². The monoisotopic (exact) mass is 316 g/mol. The molecule has 23 heavy (non-hydrogen) atoms. The smallest absolute Gasteiger partial charge is 0.323 e. The van der Waals surface area contributed by atoms with E-state index in [1.807, 2.05) is 26.8 Å². The summed E-state index contributed by atoms with van der Waals surface area (Å²) in [5.74, 6) is -0.709. The summed E-state index contributed by atoms with van der Waals surface area (Å²) in [5.41, 5.74) is 2.24. The summed E-state index contributed by atoms with van der Waals surface area (Å²) in [7, 11) is 0. The normalized spacial score (nSPS) is 12.0. The zero-order valence-corrected chi connectivity index (χ0v) is 13.4. The molecule has 0 spiro atoms. The second kappa shape index (κ2) is 7.09. The maximum absolute atomic E-state index is 12.6. The van der Waals surface area contributed by atoms with Gasteiger partial charge in [-0.2, -0.15) is 0 Å². The number of hydrogen-bond donors (Lipinski definition) is 1. The molecule has 2 rings (SSSR count). The highest BCUT2D eigenvalue weighted by atomic mass is 16.5. The molecule has 0 aliphatic rings. The van der Waals surface area contributed by atoms with Crippen molar-refractivity contribution in [2.45, 2.75) is 33.1 Å². The predicted molar refractivity (Wildman–Crippen MR) is 85.4 cm³/mol. The number of carboxylic acids is 1. The number of amides is 1. The Morgan fingerprint density at radius 3 is 2.43 bits per heavy atom. The molecule has 0 radical (unpaired) electrons. The first-order chi connectivity index (χ1) is 10.9. The number of aryl methyl sites for hydroxylation is 2. The minimum Gasteiger partial charge on any atom is -0.480 e. The number of hydrogen-bond acceptors (Lipinski definition) is 4. The predicted octanol–water partition coefficient (Wildman–Crippen LogP) is 2.90. The number of carbonyl (C=O) groups is 2. The second-order valence-corrected chi connectivity index (χ2v) is 5.55. The van der Waals surface area contributed by atoms with Gasteiger partial charge in [-0.3, -0.25) is 9.59 Å². The molecule has 0 saturated carbocycles. The van der Waals surface area contributed by atoms with E-state index in [4.69, 9.17) is 9.63 Å². The van der Waals surface area contributed by atoms with Gasteiger partial charge in [-0.25, -0.2) is 0 Å². The molecule has 0 bridgehead atoms. The van der Waals surface area contributed by atoms with Gasteiger partial charge in [0.05, 0.1) is 5.69 Å². The number of para-hydroxylation sites is 1. The average molecular weight is 316 g/mol. The summed E-state index contributed by atoms with van der Waals surface area (Å²) in [6, 6.07) is 8.81. The molecule has 2 aromatic rings. The molecule has 6 nitrogen and oxygen atoms in total. The van der Waals surface area contributed by atoms with E-state index >= 15 is 0 Å². The lowest BCUT2D eigenvalue weighted by atomic mass is 9.95. The number of aromatic nitrogens is 1. The Morgan fingerprint density at radius 1 is 1.26 bits per heavy atom. The van der Waals surface area contributed by atoms with E-state index in [-0.39, 0.29) is 24.8 Å². The third-order valence-electron chi connectivity index (χ3n) is 3.72. The van der Waals surface area contributed by atoms with Crippen LogP contribution in [0.4, 0.5) is 5.69 Å². The highest BCUT2D eigenvalue weighted by Crippen LogP contribution is 2.27. The van der Waals surface area contributed by atoms with Crippen LogP contribution in [-0.4, -0.2) is 28.7 Å². The van der Waals surface area contributed by atoms with Gasteiger partial charge in [-0.05, 0) is 31.9 Å². The van der Waals surface area contributed by atoms with Crippen LogP contribution in [0.25, 0.3) is 0 Å². The summed E-state index contributed by atoms with van der Waals surface area (Å²) in [5, 5.41) is 13.0. The molecular weight excluding hydrogens is 296 g/mol. The molecule has 0 aliphatic carbocycles. The van der Waals surface area contributed by atoms with Crippen LogP contribution in [0.1, 0.15) is 36.3 Å².